The minimum atomic E-state index is -0.431. The van der Waals surface area contributed by atoms with Gasteiger partial charge in [0.1, 0.15) is 11.4 Å². The average Bonchev–Trinajstić information content (AvgIpc) is 3.25. The van der Waals surface area contributed by atoms with Crippen molar-refractivity contribution in [1.29, 1.82) is 0 Å². The molecule has 1 spiro atoms. The summed E-state index contributed by atoms with van der Waals surface area (Å²) in [5, 5.41) is 0.767. The van der Waals surface area contributed by atoms with Crippen molar-refractivity contribution in [3.63, 3.8) is 0 Å². The van der Waals surface area contributed by atoms with E-state index in [1.54, 1.807) is 11.8 Å². The van der Waals surface area contributed by atoms with Gasteiger partial charge in [-0.15, -0.1) is 0 Å². The van der Waals surface area contributed by atoms with Crippen molar-refractivity contribution in [3.05, 3.63) is 41.6 Å². The molecule has 200 valence electrons. The van der Waals surface area contributed by atoms with Gasteiger partial charge in [0, 0.05) is 42.3 Å². The molecule has 6 nitrogen and oxygen atoms in total. The Kier molecular flexibility index (Phi) is 7.94. The summed E-state index contributed by atoms with van der Waals surface area (Å²) in [7, 11) is 0. The first-order valence-corrected chi connectivity index (χ1v) is 14.8. The minimum Gasteiger partial charge on any atom is -0.444 e. The number of likely N-dealkylation sites (tertiary alicyclic amines) is 2. The summed E-state index contributed by atoms with van der Waals surface area (Å²) in [6, 6.07) is 10.3. The lowest BCUT2D eigenvalue weighted by atomic mass is 9.78. The maximum Gasteiger partial charge on any atom is 0.410 e. The zero-order chi connectivity index (χ0) is 26.0. The molecule has 0 aliphatic carbocycles. The molecule has 3 aliphatic heterocycles. The van der Waals surface area contributed by atoms with E-state index in [1.165, 1.54) is 47.8 Å². The highest BCUT2D eigenvalue weighted by Crippen LogP contribution is 2.48. The Morgan fingerprint density at radius 3 is 2.59 bits per heavy atom. The van der Waals surface area contributed by atoms with E-state index in [0.717, 1.165) is 56.3 Å². The van der Waals surface area contributed by atoms with Gasteiger partial charge in [0.05, 0.1) is 10.6 Å². The fourth-order valence-corrected chi connectivity index (χ4v) is 7.02. The Balaban J connectivity index is 1.07. The summed E-state index contributed by atoms with van der Waals surface area (Å²) in [6.45, 7) is 11.9. The topological polar surface area (TPSA) is 48.9 Å². The van der Waals surface area contributed by atoms with Crippen molar-refractivity contribution in [2.75, 3.05) is 44.2 Å². The molecule has 4 heterocycles. The molecule has 2 fully saturated rings. The minimum absolute atomic E-state index is 0.160. The van der Waals surface area contributed by atoms with Gasteiger partial charge in [-0.3, -0.25) is 0 Å². The number of hydrogen-bond donors (Lipinski definition) is 0. The second-order valence-corrected chi connectivity index (χ2v) is 13.3. The summed E-state index contributed by atoms with van der Waals surface area (Å²) >= 11 is 8.12. The lowest BCUT2D eigenvalue weighted by Crippen LogP contribution is -2.46. The van der Waals surface area contributed by atoms with Gasteiger partial charge in [-0.1, -0.05) is 29.8 Å². The number of piperidine rings is 1. The molecule has 1 aromatic carbocycles. The quantitative estimate of drug-likeness (QED) is 0.359. The second-order valence-electron chi connectivity index (χ2n) is 11.7. The molecule has 2 saturated heterocycles. The summed E-state index contributed by atoms with van der Waals surface area (Å²) in [5.41, 5.74) is 1.12. The number of benzene rings is 1. The Morgan fingerprint density at radius 1 is 1.05 bits per heavy atom. The summed E-state index contributed by atoms with van der Waals surface area (Å²) in [6.07, 6.45) is 8.67. The maximum absolute atomic E-state index is 12.4. The number of carbonyl (C=O) groups excluding carboxylic acids is 1. The highest BCUT2D eigenvalue weighted by atomic mass is 35.5. The number of anilines is 2. The van der Waals surface area contributed by atoms with Crippen LogP contribution < -0.4 is 4.90 Å². The van der Waals surface area contributed by atoms with E-state index < -0.39 is 5.60 Å². The SMILES string of the molecule is CC(C)(C)OC(=O)N1CCC2(CCN(CCCCCN3c4cc(Cl)ccc4Sc4cccnc43)C2)CC1. The Hall–Kier alpha value is -1.96. The summed E-state index contributed by atoms with van der Waals surface area (Å²) < 4.78 is 5.58. The molecule has 0 atom stereocenters. The predicted octanol–water partition coefficient (Wildman–Crippen LogP) is 7.23. The van der Waals surface area contributed by atoms with Gasteiger partial charge in [0.15, 0.2) is 0 Å². The summed E-state index contributed by atoms with van der Waals surface area (Å²) in [5.74, 6) is 1.04. The van der Waals surface area contributed by atoms with E-state index in [0.29, 0.717) is 5.41 Å². The van der Waals surface area contributed by atoms with Crippen LogP contribution >= 0.6 is 23.4 Å². The van der Waals surface area contributed by atoms with Gasteiger partial charge in [-0.05, 0) is 102 Å². The number of halogens is 1. The first kappa shape index (κ1) is 26.6. The Morgan fingerprint density at radius 2 is 1.81 bits per heavy atom. The Labute approximate surface area is 230 Å². The van der Waals surface area contributed by atoms with Gasteiger partial charge in [0.2, 0.25) is 0 Å². The molecule has 0 radical (unpaired) electrons. The van der Waals surface area contributed by atoms with Crippen molar-refractivity contribution in [2.24, 2.45) is 5.41 Å². The molecule has 0 unspecified atom stereocenters. The average molecular weight is 543 g/mol. The van der Waals surface area contributed by atoms with Crippen LogP contribution in [0.1, 0.15) is 59.3 Å². The van der Waals surface area contributed by atoms with Gasteiger partial charge in [-0.25, -0.2) is 9.78 Å². The van der Waals surface area contributed by atoms with E-state index in [-0.39, 0.29) is 6.09 Å². The molecule has 2 aromatic rings. The van der Waals surface area contributed by atoms with Gasteiger partial charge in [0.25, 0.3) is 0 Å². The van der Waals surface area contributed by atoms with Crippen molar-refractivity contribution in [3.8, 4) is 0 Å². The van der Waals surface area contributed by atoms with E-state index in [9.17, 15) is 4.79 Å². The van der Waals surface area contributed by atoms with Crippen LogP contribution in [0.2, 0.25) is 5.02 Å². The Bertz CT molecular complexity index is 1110. The molecule has 1 amide bonds. The fraction of sp³-hybridized carbons (Fsp3) is 0.586. The predicted molar refractivity (Wildman–Crippen MR) is 151 cm³/mol. The lowest BCUT2D eigenvalue weighted by molar-refractivity contribution is 0.0110. The van der Waals surface area contributed by atoms with Crippen LogP contribution in [0.15, 0.2) is 46.3 Å². The molecule has 0 saturated carbocycles. The third kappa shape index (κ3) is 6.37. The van der Waals surface area contributed by atoms with Crippen LogP contribution in [0.4, 0.5) is 16.3 Å². The number of carbonyl (C=O) groups is 1. The number of hydrogen-bond acceptors (Lipinski definition) is 6. The molecule has 8 heteroatoms. The number of pyridine rings is 1. The van der Waals surface area contributed by atoms with Crippen LogP contribution in [-0.2, 0) is 4.74 Å². The number of nitrogens with zero attached hydrogens (tertiary/aromatic N) is 4. The van der Waals surface area contributed by atoms with E-state index in [1.807, 2.05) is 44.0 Å². The molecule has 37 heavy (non-hydrogen) atoms. The van der Waals surface area contributed by atoms with Gasteiger partial charge >= 0.3 is 6.09 Å². The second kappa shape index (κ2) is 11.0. The van der Waals surface area contributed by atoms with Crippen LogP contribution in [0.25, 0.3) is 0 Å². The van der Waals surface area contributed by atoms with E-state index in [2.05, 4.69) is 28.0 Å². The van der Waals surface area contributed by atoms with Crippen LogP contribution in [0, 0.1) is 5.41 Å². The smallest absolute Gasteiger partial charge is 0.410 e. The first-order chi connectivity index (χ1) is 17.7. The van der Waals surface area contributed by atoms with Crippen LogP contribution in [0.5, 0.6) is 0 Å². The largest absolute Gasteiger partial charge is 0.444 e. The monoisotopic (exact) mass is 542 g/mol. The molecule has 0 bridgehead atoms. The number of rotatable bonds is 6. The molecule has 5 rings (SSSR count). The standard InChI is InChI=1S/C29H39ClN4O2S/c1-28(2,3)36-27(35)33-18-12-29(13-19-33)11-17-32(21-29)15-5-4-6-16-34-23-20-22(30)9-10-24(23)37-25-8-7-14-31-26(25)34/h7-10,14,20H,4-6,11-13,15-19,21H2,1-3H3. The molecule has 3 aliphatic rings. The number of ether oxygens (including phenoxy) is 1. The van der Waals surface area contributed by atoms with Crippen LogP contribution in [-0.4, -0.2) is 65.7 Å². The number of aromatic nitrogens is 1. The van der Waals surface area contributed by atoms with E-state index in [4.69, 9.17) is 21.3 Å². The van der Waals surface area contributed by atoms with Gasteiger partial charge < -0.3 is 19.4 Å². The number of amides is 1. The number of fused-ring (bicyclic) bond motifs is 2. The zero-order valence-corrected chi connectivity index (χ0v) is 23.9. The number of unbranched alkanes of at least 4 members (excludes halogenated alkanes) is 2. The fourth-order valence-electron chi connectivity index (χ4n) is 5.81. The highest BCUT2D eigenvalue weighted by Gasteiger charge is 2.41. The molecular weight excluding hydrogens is 504 g/mol. The summed E-state index contributed by atoms with van der Waals surface area (Å²) in [4.78, 5) is 26.5. The highest BCUT2D eigenvalue weighted by molar-refractivity contribution is 7.99. The van der Waals surface area contributed by atoms with Crippen molar-refractivity contribution < 1.29 is 9.53 Å². The van der Waals surface area contributed by atoms with E-state index >= 15 is 0 Å². The van der Waals surface area contributed by atoms with Crippen molar-refractivity contribution in [1.82, 2.24) is 14.8 Å². The van der Waals surface area contributed by atoms with Crippen LogP contribution in [0.3, 0.4) is 0 Å². The third-order valence-corrected chi connectivity index (χ3v) is 9.13. The molecule has 1 aromatic heterocycles. The molecular formula is C29H39ClN4O2S. The van der Waals surface area contributed by atoms with Crippen molar-refractivity contribution >= 4 is 41.0 Å². The first-order valence-electron chi connectivity index (χ1n) is 13.6. The normalized spacial score (nSPS) is 19.1. The maximum atomic E-state index is 12.4. The van der Waals surface area contributed by atoms with Crippen molar-refractivity contribution in [2.45, 2.75) is 74.7 Å². The third-order valence-electron chi connectivity index (χ3n) is 7.79. The van der Waals surface area contributed by atoms with Gasteiger partial charge in [-0.2, -0.15) is 0 Å². The zero-order valence-electron chi connectivity index (χ0n) is 22.3. The molecule has 0 N–H and O–H groups in total. The lowest BCUT2D eigenvalue weighted by Gasteiger charge is -2.39.